The maximum Gasteiger partial charge on any atom is 0.437 e. The first kappa shape index (κ1) is 53.2. The lowest BCUT2D eigenvalue weighted by molar-refractivity contribution is -0.0606. The molecule has 6 rings (SSSR count). The average Bonchev–Trinajstić information content (AvgIpc) is 3.29. The van der Waals surface area contributed by atoms with Crippen LogP contribution in [0.4, 0.5) is 26.3 Å². The van der Waals surface area contributed by atoms with E-state index in [1.165, 1.54) is 48.5 Å². The van der Waals surface area contributed by atoms with E-state index in [9.17, 15) is 60.0 Å². The molecule has 0 aliphatic carbocycles. The summed E-state index contributed by atoms with van der Waals surface area (Å²) in [6.45, 7) is 3.37. The third kappa shape index (κ3) is 14.5. The Labute approximate surface area is 403 Å². The first-order valence-corrected chi connectivity index (χ1v) is 25.7. The minimum Gasteiger partial charge on any atom is -0.493 e. The Morgan fingerprint density at radius 3 is 0.958 bits per heavy atom. The van der Waals surface area contributed by atoms with E-state index in [0.29, 0.717) is 0 Å². The fraction of sp³-hybridized carbons (Fsp3) is 0.156. The van der Waals surface area contributed by atoms with Gasteiger partial charge in [0.05, 0.1) is 13.2 Å². The lowest BCUT2D eigenvalue weighted by Crippen LogP contribution is -2.25. The Hall–Kier alpha value is -7.16. The SMILES string of the molecule is Cc1ccc(S(=O)(=O)Oc2ccc(S(=O)(=O)O/N=C(/c3ccc(OCCCOc4ccc(/C(=N\OS(=O)(=O)c5ccc(OS(=O)(=O)c6ccc(C)cc6)cc5)C(F)(F)F)cc4)cc3)C(F)(F)F)cc2)cc1. The fourth-order valence-electron chi connectivity index (χ4n) is 5.74. The van der Waals surface area contributed by atoms with Crippen molar-refractivity contribution < 1.29 is 86.4 Å². The molecule has 0 amide bonds. The summed E-state index contributed by atoms with van der Waals surface area (Å²) in [4.78, 5) is -1.68. The molecule has 0 aliphatic rings. The van der Waals surface area contributed by atoms with E-state index in [1.54, 1.807) is 13.8 Å². The summed E-state index contributed by atoms with van der Waals surface area (Å²) in [5.41, 5.74) is -3.06. The van der Waals surface area contributed by atoms with Gasteiger partial charge >= 0.3 is 52.8 Å². The summed E-state index contributed by atoms with van der Waals surface area (Å²) in [7, 11) is -18.5. The van der Waals surface area contributed by atoms with E-state index in [4.69, 9.17) is 17.8 Å². The van der Waals surface area contributed by atoms with E-state index >= 15 is 0 Å². The van der Waals surface area contributed by atoms with Crippen molar-refractivity contribution in [3.05, 3.63) is 168 Å². The first-order chi connectivity index (χ1) is 33.2. The van der Waals surface area contributed by atoms with Gasteiger partial charge < -0.3 is 17.8 Å². The summed E-state index contributed by atoms with van der Waals surface area (Å²) in [6.07, 6.45) is -10.2. The molecule has 26 heteroatoms. The number of alkyl halides is 6. The van der Waals surface area contributed by atoms with Gasteiger partial charge in [0.25, 0.3) is 0 Å². The molecule has 0 aromatic heterocycles. The number of aryl methyl sites for hydroxylation is 2. The molecule has 0 saturated carbocycles. The van der Waals surface area contributed by atoms with Crippen LogP contribution in [0.25, 0.3) is 0 Å². The highest BCUT2D eigenvalue weighted by atomic mass is 32.2. The summed E-state index contributed by atoms with van der Waals surface area (Å²) in [5.74, 6) is -0.423. The minimum absolute atomic E-state index is 0.0559. The van der Waals surface area contributed by atoms with E-state index in [-0.39, 0.29) is 52.4 Å². The summed E-state index contributed by atoms with van der Waals surface area (Å²) < 4.78 is 215. The molecule has 0 N–H and O–H groups in total. The average molecular weight is 1070 g/mol. The predicted octanol–water partition coefficient (Wildman–Crippen LogP) is 9.03. The summed E-state index contributed by atoms with van der Waals surface area (Å²) in [5, 5.41) is 5.74. The second-order valence-corrected chi connectivity index (χ2v) is 20.8. The molecule has 16 nitrogen and oxygen atoms in total. The Morgan fingerprint density at radius 2 is 0.662 bits per heavy atom. The number of benzene rings is 6. The number of halogens is 6. The molecule has 6 aromatic rings. The molecule has 6 aromatic carbocycles. The van der Waals surface area contributed by atoms with Crippen LogP contribution in [0.1, 0.15) is 28.7 Å². The van der Waals surface area contributed by atoms with Gasteiger partial charge in [-0.1, -0.05) is 45.7 Å². The molecule has 0 bridgehead atoms. The van der Waals surface area contributed by atoms with Crippen molar-refractivity contribution in [3.8, 4) is 23.0 Å². The molecule has 0 saturated heterocycles. The molecule has 0 radical (unpaired) electrons. The number of hydrogen-bond acceptors (Lipinski definition) is 16. The van der Waals surface area contributed by atoms with E-state index in [0.717, 1.165) is 108 Å². The molecule has 0 atom stereocenters. The van der Waals surface area contributed by atoms with Crippen LogP contribution in [0.2, 0.25) is 0 Å². The fourth-order valence-corrected chi connectivity index (χ4v) is 9.05. The van der Waals surface area contributed by atoms with Crippen molar-refractivity contribution in [1.29, 1.82) is 0 Å². The van der Waals surface area contributed by atoms with Crippen LogP contribution < -0.4 is 17.8 Å². The van der Waals surface area contributed by atoms with Crippen LogP contribution in [0.3, 0.4) is 0 Å². The zero-order valence-electron chi connectivity index (χ0n) is 36.5. The Kier molecular flexibility index (Phi) is 16.1. The van der Waals surface area contributed by atoms with Crippen LogP contribution in [-0.2, 0) is 49.0 Å². The minimum atomic E-state index is -5.20. The van der Waals surface area contributed by atoms with Gasteiger partial charge in [-0.2, -0.15) is 60.0 Å². The van der Waals surface area contributed by atoms with E-state index < -0.39 is 85.2 Å². The molecule has 0 fully saturated rings. The number of hydrogen-bond donors (Lipinski definition) is 0. The normalized spacial score (nSPS) is 13.0. The van der Waals surface area contributed by atoms with Crippen molar-refractivity contribution in [1.82, 2.24) is 0 Å². The lowest BCUT2D eigenvalue weighted by atomic mass is 10.1. The third-order valence-electron chi connectivity index (χ3n) is 9.33. The maximum atomic E-state index is 14.0. The van der Waals surface area contributed by atoms with Gasteiger partial charge in [0, 0.05) is 17.5 Å². The van der Waals surface area contributed by atoms with Crippen molar-refractivity contribution in [2.24, 2.45) is 10.3 Å². The Balaban J connectivity index is 0.990. The van der Waals surface area contributed by atoms with Gasteiger partial charge in [-0.25, -0.2) is 0 Å². The molecular formula is C45H36F6N2O14S4. The standard InChI is InChI=1S/C45H36F6N2O14S4/c1-30-4-20-38(21-5-30)68(54,55)64-36-16-24-40(25-17-36)70(58,59)66-52-42(44(46,47)48)32-8-12-34(13-9-32)62-28-3-29-63-35-14-10-33(11-15-35)43(45(49,50)51)53-67-71(60,61)41-26-18-37(19-27-41)65-69(56,57)39-22-6-31(2)7-23-39/h4-27H,3,28-29H2,1-2H3/b52-42-,53-43+. The Bertz CT molecular complexity index is 3110. The van der Waals surface area contributed by atoms with Crippen LogP contribution in [0.15, 0.2) is 175 Å². The summed E-state index contributed by atoms with van der Waals surface area (Å²) >= 11 is 0. The van der Waals surface area contributed by atoms with Crippen LogP contribution >= 0.6 is 0 Å². The van der Waals surface area contributed by atoms with Crippen LogP contribution in [0, 0.1) is 13.8 Å². The monoisotopic (exact) mass is 1070 g/mol. The second-order valence-electron chi connectivity index (χ2n) is 14.7. The van der Waals surface area contributed by atoms with Gasteiger partial charge in [0.15, 0.2) is 11.4 Å². The number of rotatable bonds is 20. The van der Waals surface area contributed by atoms with E-state index in [1.807, 2.05) is 0 Å². The van der Waals surface area contributed by atoms with Crippen molar-refractivity contribution in [3.63, 3.8) is 0 Å². The second kappa shape index (κ2) is 21.5. The molecule has 0 spiro atoms. The molecule has 376 valence electrons. The first-order valence-electron chi connectivity index (χ1n) is 20.1. The van der Waals surface area contributed by atoms with E-state index in [2.05, 4.69) is 18.9 Å². The molecule has 0 heterocycles. The summed E-state index contributed by atoms with van der Waals surface area (Å²) in [6, 6.07) is 26.9. The van der Waals surface area contributed by atoms with Crippen molar-refractivity contribution in [2.45, 2.75) is 52.2 Å². The molecule has 71 heavy (non-hydrogen) atoms. The van der Waals surface area contributed by atoms with Crippen molar-refractivity contribution in [2.75, 3.05) is 13.2 Å². The van der Waals surface area contributed by atoms with Crippen LogP contribution in [0.5, 0.6) is 23.0 Å². The van der Waals surface area contributed by atoms with Gasteiger partial charge in [-0.3, -0.25) is 8.57 Å². The van der Waals surface area contributed by atoms with Crippen molar-refractivity contribution >= 4 is 51.9 Å². The molecular weight excluding hydrogens is 1030 g/mol. The Morgan fingerprint density at radius 1 is 0.394 bits per heavy atom. The highest BCUT2D eigenvalue weighted by Crippen LogP contribution is 2.29. The van der Waals surface area contributed by atoms with Gasteiger partial charge in [-0.15, -0.1) is 0 Å². The quantitative estimate of drug-likeness (QED) is 0.0229. The zero-order chi connectivity index (χ0) is 51.8. The van der Waals surface area contributed by atoms with Gasteiger partial charge in [0.1, 0.15) is 42.6 Å². The smallest absolute Gasteiger partial charge is 0.437 e. The largest absolute Gasteiger partial charge is 0.493 e. The van der Waals surface area contributed by atoms with Gasteiger partial charge in [-0.05, 0) is 135 Å². The number of ether oxygens (including phenoxy) is 2. The lowest BCUT2D eigenvalue weighted by Gasteiger charge is -2.13. The molecule has 0 unspecified atom stereocenters. The number of oxime groups is 2. The third-order valence-corrected chi connectivity index (χ3v) is 14.1. The highest BCUT2D eigenvalue weighted by Gasteiger charge is 2.40. The highest BCUT2D eigenvalue weighted by molar-refractivity contribution is 7.87. The zero-order valence-corrected chi connectivity index (χ0v) is 39.8. The topological polar surface area (TPSA) is 217 Å². The van der Waals surface area contributed by atoms with Crippen LogP contribution in [-0.4, -0.2) is 70.7 Å². The predicted molar refractivity (Wildman–Crippen MR) is 241 cm³/mol. The van der Waals surface area contributed by atoms with Gasteiger partial charge in [0.2, 0.25) is 0 Å². The number of nitrogens with zero attached hydrogens (tertiary/aromatic N) is 2. The maximum absolute atomic E-state index is 14.0. The molecule has 0 aliphatic heterocycles.